The van der Waals surface area contributed by atoms with E-state index in [0.29, 0.717) is 6.54 Å². The molecule has 6 nitrogen and oxygen atoms in total. The van der Waals surface area contributed by atoms with Gasteiger partial charge in [-0.05, 0) is 25.8 Å². The van der Waals surface area contributed by atoms with E-state index in [1.54, 1.807) is 12.3 Å². The van der Waals surface area contributed by atoms with Crippen molar-refractivity contribution in [2.45, 2.75) is 43.1 Å². The van der Waals surface area contributed by atoms with Gasteiger partial charge in [-0.1, -0.05) is 24.3 Å². The number of thioether (sulfide) groups is 1. The zero-order valence-electron chi connectivity index (χ0n) is 13.1. The van der Waals surface area contributed by atoms with E-state index in [9.17, 15) is 4.79 Å². The van der Waals surface area contributed by atoms with E-state index < -0.39 is 0 Å². The third-order valence-electron chi connectivity index (χ3n) is 3.86. The molecule has 2 aromatic heterocycles. The highest BCUT2D eigenvalue weighted by Gasteiger charge is 2.25. The van der Waals surface area contributed by atoms with Crippen LogP contribution in [0.15, 0.2) is 34.6 Å². The molecule has 1 aliphatic rings. The zero-order valence-corrected chi connectivity index (χ0v) is 13.9. The molecule has 0 aromatic carbocycles. The number of carbonyl (C=O) groups is 1. The van der Waals surface area contributed by atoms with Gasteiger partial charge in [0.05, 0.1) is 17.1 Å². The number of hydrogen-bond donors (Lipinski definition) is 1. The first-order valence-corrected chi connectivity index (χ1v) is 8.61. The Kier molecular flexibility index (Phi) is 4.85. The minimum Gasteiger partial charge on any atom is -0.469 e. The summed E-state index contributed by atoms with van der Waals surface area (Å²) in [7, 11) is 0. The predicted molar refractivity (Wildman–Crippen MR) is 89.2 cm³/mol. The molecule has 1 amide bonds. The highest BCUT2D eigenvalue weighted by Crippen LogP contribution is 2.31. The van der Waals surface area contributed by atoms with Gasteiger partial charge in [0.2, 0.25) is 5.91 Å². The first-order valence-electron chi connectivity index (χ1n) is 7.73. The first kappa shape index (κ1) is 15.9. The van der Waals surface area contributed by atoms with Crippen LogP contribution in [0.2, 0.25) is 0 Å². The summed E-state index contributed by atoms with van der Waals surface area (Å²) in [6, 6.07) is 1.88. The molecule has 0 saturated carbocycles. The molecule has 1 saturated heterocycles. The van der Waals surface area contributed by atoms with E-state index in [2.05, 4.69) is 22.1 Å². The molecule has 1 atom stereocenters. The molecule has 122 valence electrons. The first-order chi connectivity index (χ1) is 11.2. The lowest BCUT2D eigenvalue weighted by Gasteiger charge is -2.13. The van der Waals surface area contributed by atoms with Crippen molar-refractivity contribution in [2.24, 2.45) is 0 Å². The minimum absolute atomic E-state index is 0.0849. The Hall–Kier alpha value is -2.02. The van der Waals surface area contributed by atoms with Gasteiger partial charge in [0, 0.05) is 13.1 Å². The number of amides is 1. The van der Waals surface area contributed by atoms with Crippen LogP contribution in [-0.4, -0.2) is 32.5 Å². The Morgan fingerprint density at radius 1 is 1.52 bits per heavy atom. The molecule has 0 bridgehead atoms. The van der Waals surface area contributed by atoms with Gasteiger partial charge in [-0.15, -0.1) is 16.8 Å². The Morgan fingerprint density at radius 2 is 2.39 bits per heavy atom. The normalized spacial score (nSPS) is 18.5. The molecule has 3 heterocycles. The van der Waals surface area contributed by atoms with E-state index in [1.165, 1.54) is 11.8 Å². The molecule has 1 unspecified atom stereocenters. The summed E-state index contributed by atoms with van der Waals surface area (Å²) in [4.78, 5) is 12.2. The van der Waals surface area contributed by atoms with Gasteiger partial charge in [-0.25, -0.2) is 0 Å². The molecule has 1 aliphatic heterocycles. The number of carbonyl (C=O) groups excluding carboxylic acids is 1. The summed E-state index contributed by atoms with van der Waals surface area (Å²) in [5, 5.41) is 12.2. The molecule has 1 N–H and O–H groups in total. The standard InChI is InChI=1S/C16H20N4O2S/c1-3-9-20-14(12-7-10-22-11(12)2)18-19-16(20)23-13-6-4-5-8-17-15(13)21/h3,7,10,13H,1,4-6,8-9H2,2H3,(H,17,21). The van der Waals surface area contributed by atoms with Crippen LogP contribution in [0.4, 0.5) is 0 Å². The summed E-state index contributed by atoms with van der Waals surface area (Å²) < 4.78 is 7.35. The smallest absolute Gasteiger partial charge is 0.233 e. The number of nitrogens with one attached hydrogen (secondary N) is 1. The van der Waals surface area contributed by atoms with Gasteiger partial charge in [-0.3, -0.25) is 9.36 Å². The Balaban J connectivity index is 1.90. The molecule has 0 radical (unpaired) electrons. The molecule has 1 fully saturated rings. The third-order valence-corrected chi connectivity index (χ3v) is 5.11. The topological polar surface area (TPSA) is 73.0 Å². The average Bonchev–Trinajstić information content (AvgIpc) is 3.06. The summed E-state index contributed by atoms with van der Waals surface area (Å²) in [5.74, 6) is 1.63. The molecular formula is C16H20N4O2S. The highest BCUT2D eigenvalue weighted by atomic mass is 32.2. The Morgan fingerprint density at radius 3 is 3.13 bits per heavy atom. The molecule has 7 heteroatoms. The fourth-order valence-electron chi connectivity index (χ4n) is 2.64. The monoisotopic (exact) mass is 332 g/mol. The van der Waals surface area contributed by atoms with Crippen LogP contribution in [-0.2, 0) is 11.3 Å². The van der Waals surface area contributed by atoms with Gasteiger partial charge >= 0.3 is 0 Å². The second-order valence-corrected chi connectivity index (χ2v) is 6.66. The van der Waals surface area contributed by atoms with Crippen molar-refractivity contribution in [3.8, 4) is 11.4 Å². The van der Waals surface area contributed by atoms with E-state index >= 15 is 0 Å². The second kappa shape index (κ2) is 7.04. The van der Waals surface area contributed by atoms with Crippen LogP contribution >= 0.6 is 11.8 Å². The van der Waals surface area contributed by atoms with Crippen molar-refractivity contribution in [1.29, 1.82) is 0 Å². The van der Waals surface area contributed by atoms with Crippen molar-refractivity contribution in [2.75, 3.05) is 6.54 Å². The fraction of sp³-hybridized carbons (Fsp3) is 0.438. The van der Waals surface area contributed by atoms with E-state index in [0.717, 1.165) is 48.1 Å². The number of rotatable bonds is 5. The van der Waals surface area contributed by atoms with E-state index in [-0.39, 0.29) is 11.2 Å². The van der Waals surface area contributed by atoms with Gasteiger partial charge in [0.1, 0.15) is 5.76 Å². The van der Waals surface area contributed by atoms with Crippen molar-refractivity contribution >= 4 is 17.7 Å². The predicted octanol–water partition coefficient (Wildman–Crippen LogP) is 2.79. The van der Waals surface area contributed by atoms with Crippen LogP contribution in [0.1, 0.15) is 25.0 Å². The molecule has 23 heavy (non-hydrogen) atoms. The minimum atomic E-state index is -0.122. The van der Waals surface area contributed by atoms with Crippen LogP contribution in [0, 0.1) is 6.92 Å². The van der Waals surface area contributed by atoms with E-state index in [1.807, 2.05) is 17.6 Å². The Labute approximate surface area is 139 Å². The lowest BCUT2D eigenvalue weighted by Crippen LogP contribution is -2.30. The maximum Gasteiger partial charge on any atom is 0.233 e. The lowest BCUT2D eigenvalue weighted by molar-refractivity contribution is -0.120. The maximum absolute atomic E-state index is 12.2. The quantitative estimate of drug-likeness (QED) is 0.852. The lowest BCUT2D eigenvalue weighted by atomic mass is 10.2. The van der Waals surface area contributed by atoms with Gasteiger partial charge in [-0.2, -0.15) is 0 Å². The summed E-state index contributed by atoms with van der Waals surface area (Å²) in [5.41, 5.74) is 0.913. The van der Waals surface area contributed by atoms with Gasteiger partial charge < -0.3 is 9.73 Å². The van der Waals surface area contributed by atoms with Crippen LogP contribution < -0.4 is 5.32 Å². The Bertz CT molecular complexity index is 707. The van der Waals surface area contributed by atoms with Gasteiger partial charge in [0.15, 0.2) is 11.0 Å². The maximum atomic E-state index is 12.2. The van der Waals surface area contributed by atoms with E-state index in [4.69, 9.17) is 4.42 Å². The van der Waals surface area contributed by atoms with Crippen LogP contribution in [0.25, 0.3) is 11.4 Å². The number of allylic oxidation sites excluding steroid dienone is 1. The zero-order chi connectivity index (χ0) is 16.2. The van der Waals surface area contributed by atoms with Crippen LogP contribution in [0.5, 0.6) is 0 Å². The highest BCUT2D eigenvalue weighted by molar-refractivity contribution is 8.00. The number of aryl methyl sites for hydroxylation is 1. The number of nitrogens with zero attached hydrogens (tertiary/aromatic N) is 3. The largest absolute Gasteiger partial charge is 0.469 e. The van der Waals surface area contributed by atoms with Gasteiger partial charge in [0.25, 0.3) is 0 Å². The molecule has 3 rings (SSSR count). The van der Waals surface area contributed by atoms with Crippen molar-refractivity contribution in [1.82, 2.24) is 20.1 Å². The number of furan rings is 1. The van der Waals surface area contributed by atoms with Crippen molar-refractivity contribution in [3.05, 3.63) is 30.7 Å². The average molecular weight is 332 g/mol. The molecular weight excluding hydrogens is 312 g/mol. The summed E-state index contributed by atoms with van der Waals surface area (Å²) >= 11 is 1.48. The molecule has 0 aliphatic carbocycles. The summed E-state index contributed by atoms with van der Waals surface area (Å²) in [6.45, 7) is 7.05. The molecule has 2 aromatic rings. The van der Waals surface area contributed by atoms with Crippen LogP contribution in [0.3, 0.4) is 0 Å². The third kappa shape index (κ3) is 3.34. The number of hydrogen-bond acceptors (Lipinski definition) is 5. The molecule has 0 spiro atoms. The number of aromatic nitrogens is 3. The van der Waals surface area contributed by atoms with Crippen molar-refractivity contribution < 1.29 is 9.21 Å². The summed E-state index contributed by atoms with van der Waals surface area (Å²) in [6.07, 6.45) is 6.38. The van der Waals surface area contributed by atoms with Crippen molar-refractivity contribution in [3.63, 3.8) is 0 Å². The fourth-order valence-corrected chi connectivity index (χ4v) is 3.74. The second-order valence-electron chi connectivity index (χ2n) is 5.49. The SMILES string of the molecule is C=CCn1c(SC2CCCCNC2=O)nnc1-c1ccoc1C.